The smallest absolute Gasteiger partial charge is 0.305 e. The molecule has 0 aromatic heterocycles. The van der Waals surface area contributed by atoms with E-state index in [0.29, 0.717) is 25.9 Å². The van der Waals surface area contributed by atoms with Crippen LogP contribution in [0.2, 0.25) is 0 Å². The molecule has 0 aliphatic heterocycles. The van der Waals surface area contributed by atoms with Crippen LogP contribution >= 0.6 is 0 Å². The molecule has 0 bridgehead atoms. The molecule has 0 aliphatic carbocycles. The van der Waals surface area contributed by atoms with Gasteiger partial charge in [0.25, 0.3) is 0 Å². The molecule has 3 N–H and O–H groups in total. The summed E-state index contributed by atoms with van der Waals surface area (Å²) < 4.78 is 5.51. The molecule has 0 rings (SSSR count). The topological polar surface area (TPSA) is 95.9 Å². The Bertz CT molecular complexity index is 1210. The quantitative estimate of drug-likeness (QED) is 0.0320. The van der Waals surface area contributed by atoms with Crippen LogP contribution in [0.15, 0.2) is 12.2 Å². The highest BCUT2D eigenvalue weighted by molar-refractivity contribution is 5.76. The molecule has 0 aliphatic rings. The lowest BCUT2D eigenvalue weighted by molar-refractivity contribution is -0.143. The van der Waals surface area contributed by atoms with E-state index < -0.39 is 12.1 Å². The first-order valence-corrected chi connectivity index (χ1v) is 36.9. The zero-order valence-corrected chi connectivity index (χ0v) is 54.6. The first-order chi connectivity index (χ1) is 39.5. The predicted octanol–water partition coefficient (Wildman–Crippen LogP) is 23.9. The van der Waals surface area contributed by atoms with Crippen molar-refractivity contribution in [3.05, 3.63) is 12.2 Å². The minimum atomic E-state index is -0.662. The zero-order valence-electron chi connectivity index (χ0n) is 54.6. The predicted molar refractivity (Wildman–Crippen MR) is 352 cm³/mol. The Morgan fingerprint density at radius 2 is 0.588 bits per heavy atom. The van der Waals surface area contributed by atoms with E-state index in [4.69, 9.17) is 4.74 Å². The number of hydrogen-bond acceptors (Lipinski definition) is 5. The van der Waals surface area contributed by atoms with E-state index in [1.807, 2.05) is 0 Å². The second kappa shape index (κ2) is 70.1. The van der Waals surface area contributed by atoms with Gasteiger partial charge < -0.3 is 20.3 Å². The average molecular weight is 1130 g/mol. The molecule has 0 aromatic carbocycles. The van der Waals surface area contributed by atoms with Gasteiger partial charge in [-0.1, -0.05) is 373 Å². The molecule has 0 spiro atoms. The van der Waals surface area contributed by atoms with Crippen molar-refractivity contribution < 1.29 is 24.5 Å². The summed E-state index contributed by atoms with van der Waals surface area (Å²) in [5, 5.41) is 23.4. The van der Waals surface area contributed by atoms with Crippen molar-refractivity contribution in [3.63, 3.8) is 0 Å². The Hall–Kier alpha value is -1.40. The fraction of sp³-hybridized carbons (Fsp3) is 0.946. The molecule has 2 atom stereocenters. The average Bonchev–Trinajstić information content (AvgIpc) is 3.46. The van der Waals surface area contributed by atoms with Gasteiger partial charge in [-0.15, -0.1) is 0 Å². The van der Waals surface area contributed by atoms with Gasteiger partial charge >= 0.3 is 5.97 Å². The Morgan fingerprint density at radius 3 is 0.887 bits per heavy atom. The van der Waals surface area contributed by atoms with E-state index in [2.05, 4.69) is 31.3 Å². The molecule has 0 heterocycles. The molecule has 0 aromatic rings. The van der Waals surface area contributed by atoms with Gasteiger partial charge in [-0.3, -0.25) is 9.59 Å². The SMILES string of the molecule is CCCCCCCCC/C=C\CCCCCCCCCC(=O)OCCCCCCCCCCCCCCCCCCCCCCCCCCCCCCC(=O)NC(CO)C(O)CCCCCCCCCCCCCCCCCCC. The standard InChI is InChI=1S/C74H145NO5/c1-3-5-7-9-11-13-15-17-19-21-36-40-44-48-52-56-60-64-68-74(79)80-69-65-61-57-53-49-45-41-37-33-31-29-27-25-23-22-24-26-28-30-32-35-39-43-47-51-55-59-63-67-73(78)75-71(70-76)72(77)66-62-58-54-50-46-42-38-34-20-18-16-14-12-10-8-6-4-2/h19,21,71-72,76-77H,3-18,20,22-70H2,1-2H3,(H,75,78)/b21-19-. The maximum absolute atomic E-state index is 12.5. The Balaban J connectivity index is 3.33. The normalized spacial score (nSPS) is 12.5. The van der Waals surface area contributed by atoms with Crippen molar-refractivity contribution in [2.24, 2.45) is 0 Å². The number of hydrogen-bond donors (Lipinski definition) is 3. The Labute approximate surface area is 501 Å². The molecule has 80 heavy (non-hydrogen) atoms. The number of esters is 1. The fourth-order valence-electron chi connectivity index (χ4n) is 11.9. The van der Waals surface area contributed by atoms with Gasteiger partial charge in [0.15, 0.2) is 0 Å². The molecular formula is C74H145NO5. The second-order valence-electron chi connectivity index (χ2n) is 25.6. The van der Waals surface area contributed by atoms with Crippen LogP contribution in [0.1, 0.15) is 425 Å². The van der Waals surface area contributed by atoms with Gasteiger partial charge in [0.05, 0.1) is 25.4 Å². The lowest BCUT2D eigenvalue weighted by Gasteiger charge is -2.22. The third-order valence-electron chi connectivity index (χ3n) is 17.6. The molecule has 0 fully saturated rings. The molecule has 476 valence electrons. The lowest BCUT2D eigenvalue weighted by atomic mass is 10.0. The molecule has 2 unspecified atom stereocenters. The second-order valence-corrected chi connectivity index (χ2v) is 25.6. The Morgan fingerprint density at radius 1 is 0.338 bits per heavy atom. The van der Waals surface area contributed by atoms with Crippen LogP contribution in [0.25, 0.3) is 0 Å². The van der Waals surface area contributed by atoms with Gasteiger partial charge in [0.1, 0.15) is 0 Å². The molecule has 0 saturated carbocycles. The number of aliphatic hydroxyl groups excluding tert-OH is 2. The monoisotopic (exact) mass is 1130 g/mol. The molecular weight excluding hydrogens is 983 g/mol. The third-order valence-corrected chi connectivity index (χ3v) is 17.6. The maximum atomic E-state index is 12.5. The molecule has 1 amide bonds. The van der Waals surface area contributed by atoms with Crippen molar-refractivity contribution in [1.29, 1.82) is 0 Å². The minimum Gasteiger partial charge on any atom is -0.466 e. The highest BCUT2D eigenvalue weighted by atomic mass is 16.5. The summed E-state index contributed by atoms with van der Waals surface area (Å²) in [5.74, 6) is -0.0105. The fourth-order valence-corrected chi connectivity index (χ4v) is 11.9. The van der Waals surface area contributed by atoms with E-state index in [0.717, 1.165) is 44.9 Å². The minimum absolute atomic E-state index is 0.0171. The third kappa shape index (κ3) is 65.7. The summed E-state index contributed by atoms with van der Waals surface area (Å²) in [6.07, 6.45) is 87.0. The Kier molecular flexibility index (Phi) is 68.9. The van der Waals surface area contributed by atoms with Gasteiger partial charge in [-0.25, -0.2) is 0 Å². The summed E-state index contributed by atoms with van der Waals surface area (Å²) >= 11 is 0. The van der Waals surface area contributed by atoms with Crippen molar-refractivity contribution >= 4 is 11.9 Å². The van der Waals surface area contributed by atoms with Crippen LogP contribution in [0.4, 0.5) is 0 Å². The number of nitrogens with one attached hydrogen (secondary N) is 1. The van der Waals surface area contributed by atoms with Crippen LogP contribution < -0.4 is 5.32 Å². The first kappa shape index (κ1) is 78.6. The number of allylic oxidation sites excluding steroid dienone is 2. The van der Waals surface area contributed by atoms with Gasteiger partial charge in [-0.2, -0.15) is 0 Å². The highest BCUT2D eigenvalue weighted by Gasteiger charge is 2.20. The van der Waals surface area contributed by atoms with Crippen LogP contribution in [-0.4, -0.2) is 47.4 Å². The van der Waals surface area contributed by atoms with Crippen molar-refractivity contribution in [1.82, 2.24) is 5.32 Å². The highest BCUT2D eigenvalue weighted by Crippen LogP contribution is 2.20. The maximum Gasteiger partial charge on any atom is 0.305 e. The van der Waals surface area contributed by atoms with E-state index in [1.165, 1.54) is 347 Å². The molecule has 0 radical (unpaired) electrons. The van der Waals surface area contributed by atoms with E-state index >= 15 is 0 Å². The molecule has 6 heteroatoms. The number of carbonyl (C=O) groups excluding carboxylic acids is 2. The van der Waals surface area contributed by atoms with Gasteiger partial charge in [-0.05, 0) is 51.4 Å². The number of amides is 1. The summed E-state index contributed by atoms with van der Waals surface area (Å²) in [6, 6.07) is -0.539. The number of unbranched alkanes of at least 4 members (excludes halogenated alkanes) is 57. The number of ether oxygens (including phenoxy) is 1. The summed E-state index contributed by atoms with van der Waals surface area (Å²) in [4.78, 5) is 24.6. The van der Waals surface area contributed by atoms with Crippen molar-refractivity contribution in [2.45, 2.75) is 437 Å². The number of aliphatic hydroxyl groups is 2. The van der Waals surface area contributed by atoms with Crippen molar-refractivity contribution in [3.8, 4) is 0 Å². The number of rotatable bonds is 70. The lowest BCUT2D eigenvalue weighted by Crippen LogP contribution is -2.45. The summed E-state index contributed by atoms with van der Waals surface area (Å²) in [7, 11) is 0. The van der Waals surface area contributed by atoms with Crippen molar-refractivity contribution in [2.75, 3.05) is 13.2 Å². The van der Waals surface area contributed by atoms with Gasteiger partial charge in [0, 0.05) is 12.8 Å². The van der Waals surface area contributed by atoms with E-state index in [9.17, 15) is 19.8 Å². The van der Waals surface area contributed by atoms with E-state index in [-0.39, 0.29) is 18.5 Å². The molecule has 6 nitrogen and oxygen atoms in total. The summed E-state index contributed by atoms with van der Waals surface area (Å²) in [5.41, 5.74) is 0. The zero-order chi connectivity index (χ0) is 57.8. The first-order valence-electron chi connectivity index (χ1n) is 36.9. The largest absolute Gasteiger partial charge is 0.466 e. The van der Waals surface area contributed by atoms with Crippen LogP contribution in [0.5, 0.6) is 0 Å². The van der Waals surface area contributed by atoms with Crippen LogP contribution in [0, 0.1) is 0 Å². The van der Waals surface area contributed by atoms with E-state index in [1.54, 1.807) is 0 Å². The van der Waals surface area contributed by atoms with Gasteiger partial charge in [0.2, 0.25) is 5.91 Å². The molecule has 0 saturated heterocycles. The van der Waals surface area contributed by atoms with Crippen LogP contribution in [-0.2, 0) is 14.3 Å². The number of carbonyl (C=O) groups is 2. The summed E-state index contributed by atoms with van der Waals surface area (Å²) in [6.45, 7) is 5.00. The van der Waals surface area contributed by atoms with Crippen LogP contribution in [0.3, 0.4) is 0 Å².